The SMILES string of the molecule is FC1(F)Oc2ccc([PH](c3ccccc3)(c3ccccc3)c3ccccc3)c(-c3c([PH](c4ccccc4)(c4ccccc4)c4ccccc4)ccc4c3OC(F)(F)O4)c2O1. The van der Waals surface area contributed by atoms with E-state index in [4.69, 9.17) is 18.9 Å². The van der Waals surface area contributed by atoms with Crippen molar-refractivity contribution < 1.29 is 36.5 Å². The molecule has 0 atom stereocenters. The molecule has 0 spiro atoms. The Morgan fingerprint density at radius 3 is 0.750 bits per heavy atom. The summed E-state index contributed by atoms with van der Waals surface area (Å²) in [5.74, 6) is -1.06. The second-order valence-corrected chi connectivity index (χ2v) is 22.2. The summed E-state index contributed by atoms with van der Waals surface area (Å²) < 4.78 is 84.7. The van der Waals surface area contributed by atoms with E-state index in [1.54, 1.807) is 12.1 Å². The molecule has 2 aliphatic rings. The van der Waals surface area contributed by atoms with Gasteiger partial charge in [-0.25, -0.2) is 0 Å². The van der Waals surface area contributed by atoms with Gasteiger partial charge in [0, 0.05) is 0 Å². The maximum absolute atomic E-state index is 15.8. The molecule has 0 N–H and O–H groups in total. The summed E-state index contributed by atoms with van der Waals surface area (Å²) in [6, 6.07) is 66.0. The van der Waals surface area contributed by atoms with Gasteiger partial charge in [-0.3, -0.25) is 0 Å². The number of fused-ring (bicyclic) bond motifs is 2. The quantitative estimate of drug-likeness (QED) is 0.108. The first-order valence-electron chi connectivity index (χ1n) is 19.4. The first kappa shape index (κ1) is 37.8. The number of benzene rings is 8. The van der Waals surface area contributed by atoms with E-state index < -0.39 is 27.1 Å². The normalized spacial score (nSPS) is 15.3. The van der Waals surface area contributed by atoms with Crippen molar-refractivity contribution in [3.8, 4) is 34.1 Å². The van der Waals surface area contributed by atoms with Crippen molar-refractivity contribution in [2.75, 3.05) is 0 Å². The van der Waals surface area contributed by atoms with Crippen molar-refractivity contribution in [1.29, 1.82) is 0 Å². The van der Waals surface area contributed by atoms with Crippen LogP contribution in [0.3, 0.4) is 0 Å². The average molecular weight is 839 g/mol. The minimum atomic E-state index is -4.07. The van der Waals surface area contributed by atoms with E-state index in [2.05, 4.69) is 0 Å². The molecule has 0 radical (unpaired) electrons. The van der Waals surface area contributed by atoms with Crippen LogP contribution in [-0.4, -0.2) is 12.6 Å². The summed E-state index contributed by atoms with van der Waals surface area (Å²) >= 11 is 0. The molecule has 8 aromatic rings. The molecule has 10 rings (SSSR count). The molecule has 0 amide bonds. The van der Waals surface area contributed by atoms with Gasteiger partial charge in [0.2, 0.25) is 0 Å². The van der Waals surface area contributed by atoms with E-state index in [0.717, 1.165) is 31.8 Å². The second-order valence-electron chi connectivity index (χ2n) is 14.7. The van der Waals surface area contributed by atoms with Gasteiger partial charge in [-0.05, 0) is 0 Å². The minimum absolute atomic E-state index is 0.153. The number of halogens is 4. The van der Waals surface area contributed by atoms with Gasteiger partial charge in [0.25, 0.3) is 0 Å². The molecule has 10 heteroatoms. The monoisotopic (exact) mass is 838 g/mol. The second kappa shape index (κ2) is 14.7. The van der Waals surface area contributed by atoms with E-state index in [1.807, 2.05) is 182 Å². The molecule has 0 saturated heterocycles. The van der Waals surface area contributed by atoms with Crippen molar-refractivity contribution in [3.63, 3.8) is 0 Å². The topological polar surface area (TPSA) is 36.9 Å². The van der Waals surface area contributed by atoms with E-state index in [9.17, 15) is 0 Å². The van der Waals surface area contributed by atoms with Crippen LogP contribution in [0.5, 0.6) is 23.0 Å². The summed E-state index contributed by atoms with van der Waals surface area (Å²) in [5.41, 5.74) is 0.307. The number of hydrogen-bond donors (Lipinski definition) is 0. The predicted octanol–water partition coefficient (Wildman–Crippen LogP) is 8.70. The van der Waals surface area contributed by atoms with Gasteiger partial charge in [0.15, 0.2) is 0 Å². The predicted molar refractivity (Wildman–Crippen MR) is 237 cm³/mol. The Morgan fingerprint density at radius 2 is 0.517 bits per heavy atom. The first-order valence-corrected chi connectivity index (χ1v) is 23.4. The molecule has 0 aliphatic carbocycles. The average Bonchev–Trinajstić information content (AvgIpc) is 3.79. The van der Waals surface area contributed by atoms with E-state index in [1.165, 1.54) is 12.1 Å². The molecular weight excluding hydrogens is 802 g/mol. The number of rotatable bonds is 9. The summed E-state index contributed by atoms with van der Waals surface area (Å²) in [4.78, 5) is 0. The van der Waals surface area contributed by atoms with E-state index >= 15 is 17.6 Å². The molecule has 0 aromatic heterocycles. The third-order valence-corrected chi connectivity index (χ3v) is 21.1. The van der Waals surface area contributed by atoms with Crippen LogP contribution in [0.1, 0.15) is 0 Å². The van der Waals surface area contributed by atoms with Gasteiger partial charge in [-0.15, -0.1) is 0 Å². The first-order chi connectivity index (χ1) is 29.2. The molecule has 0 saturated carbocycles. The molecule has 8 aromatic carbocycles. The van der Waals surface area contributed by atoms with Crippen LogP contribution in [0.15, 0.2) is 206 Å². The van der Waals surface area contributed by atoms with Gasteiger partial charge in [-0.1, -0.05) is 0 Å². The van der Waals surface area contributed by atoms with Gasteiger partial charge in [-0.2, -0.15) is 0 Å². The van der Waals surface area contributed by atoms with Crippen molar-refractivity contribution in [1.82, 2.24) is 0 Å². The van der Waals surface area contributed by atoms with Crippen molar-refractivity contribution >= 4 is 57.0 Å². The Hall–Kier alpha value is -6.46. The Morgan fingerprint density at radius 1 is 0.283 bits per heavy atom. The number of ether oxygens (including phenoxy) is 4. The van der Waals surface area contributed by atoms with E-state index in [-0.39, 0.29) is 34.1 Å². The van der Waals surface area contributed by atoms with Crippen molar-refractivity contribution in [2.45, 2.75) is 12.6 Å². The van der Waals surface area contributed by atoms with Crippen LogP contribution in [0.25, 0.3) is 11.1 Å². The Labute approximate surface area is 345 Å². The van der Waals surface area contributed by atoms with Gasteiger partial charge >= 0.3 is 346 Å². The summed E-state index contributed by atoms with van der Waals surface area (Å²) in [6.45, 7) is 0. The number of hydrogen-bond acceptors (Lipinski definition) is 4. The van der Waals surface area contributed by atoms with Crippen LogP contribution in [0.4, 0.5) is 17.6 Å². The van der Waals surface area contributed by atoms with Crippen molar-refractivity contribution in [2.24, 2.45) is 0 Å². The molecule has 0 bridgehead atoms. The Bertz CT molecular complexity index is 2430. The fraction of sp³-hybridized carbons (Fsp3) is 0.0400. The molecule has 2 heterocycles. The molecule has 2 aliphatic heterocycles. The summed E-state index contributed by atoms with van der Waals surface area (Å²) in [6.07, 6.45) is -8.14. The van der Waals surface area contributed by atoms with Crippen LogP contribution in [-0.2, 0) is 0 Å². The van der Waals surface area contributed by atoms with Gasteiger partial charge in [0.05, 0.1) is 0 Å². The fourth-order valence-corrected chi connectivity index (χ4v) is 19.1. The van der Waals surface area contributed by atoms with Crippen LogP contribution < -0.4 is 61.4 Å². The maximum atomic E-state index is 15.8. The molecule has 4 nitrogen and oxygen atoms in total. The zero-order valence-corrected chi connectivity index (χ0v) is 33.8. The molecule has 0 unspecified atom stereocenters. The van der Waals surface area contributed by atoms with Gasteiger partial charge in [0.1, 0.15) is 0 Å². The van der Waals surface area contributed by atoms with Crippen LogP contribution in [0, 0.1) is 0 Å². The van der Waals surface area contributed by atoms with Crippen molar-refractivity contribution in [3.05, 3.63) is 206 Å². The fourth-order valence-electron chi connectivity index (χ4n) is 9.21. The van der Waals surface area contributed by atoms with Crippen LogP contribution in [0.2, 0.25) is 0 Å². The zero-order chi connectivity index (χ0) is 41.0. The summed E-state index contributed by atoms with van der Waals surface area (Å²) in [5, 5.41) is 6.71. The zero-order valence-electron chi connectivity index (χ0n) is 31.8. The van der Waals surface area contributed by atoms with Gasteiger partial charge < -0.3 is 0 Å². The molecular formula is C50H36F4O4P2. The molecule has 298 valence electrons. The Balaban J connectivity index is 1.45. The van der Waals surface area contributed by atoms with E-state index in [0.29, 0.717) is 10.6 Å². The van der Waals surface area contributed by atoms with Crippen LogP contribution >= 0.6 is 14.5 Å². The summed E-state index contributed by atoms with van der Waals surface area (Å²) in [7, 11) is -7.31. The third kappa shape index (κ3) is 6.05. The Kier molecular flexibility index (Phi) is 9.24. The third-order valence-electron chi connectivity index (χ3n) is 11.4. The number of alkyl halides is 4. The molecule has 60 heavy (non-hydrogen) atoms. The standard InChI is InChI=1S/C50H36F4O4P2/c51-49(52)55-41-31-33-43(59(35-19-7-1-8-20-35,36-21-9-2-10-22-36)37-23-11-3-12-24-37)45(47(41)57-49)46-44(34-32-42-48(46)58-50(53,54)56-42)60(38-25-13-4-14-26-38,39-27-15-5-16-28-39)40-29-17-6-18-30-40/h1-34,59-60H. The molecule has 0 fully saturated rings.